The highest BCUT2D eigenvalue weighted by Crippen LogP contribution is 2.60. The molecular formula is C39H47Cl2N7O3. The van der Waals surface area contributed by atoms with E-state index in [1.54, 1.807) is 25.4 Å². The molecule has 2 amide bonds. The molecule has 4 saturated carbocycles. The van der Waals surface area contributed by atoms with Gasteiger partial charge in [0.25, 0.3) is 0 Å². The van der Waals surface area contributed by atoms with E-state index in [-0.39, 0.29) is 11.3 Å². The summed E-state index contributed by atoms with van der Waals surface area (Å²) >= 11 is 12.7. The summed E-state index contributed by atoms with van der Waals surface area (Å²) in [5, 5.41) is 4.04. The van der Waals surface area contributed by atoms with Crippen LogP contribution >= 0.6 is 23.2 Å². The Labute approximate surface area is 310 Å². The third kappa shape index (κ3) is 7.83. The topological polar surface area (TPSA) is 104 Å². The molecule has 0 unspecified atom stereocenters. The fourth-order valence-corrected chi connectivity index (χ4v) is 10.4. The van der Waals surface area contributed by atoms with Crippen molar-refractivity contribution >= 4 is 41.0 Å². The molecule has 4 bridgehead atoms. The van der Waals surface area contributed by atoms with Crippen LogP contribution in [0.15, 0.2) is 42.7 Å². The number of pyridine rings is 1. The van der Waals surface area contributed by atoms with E-state index >= 15 is 0 Å². The Hall–Kier alpha value is -3.47. The van der Waals surface area contributed by atoms with Crippen LogP contribution in [-0.2, 0) is 16.1 Å². The van der Waals surface area contributed by atoms with Gasteiger partial charge in [-0.05, 0) is 118 Å². The number of aromatic nitrogens is 3. The van der Waals surface area contributed by atoms with Crippen LogP contribution in [0.25, 0.3) is 11.3 Å². The summed E-state index contributed by atoms with van der Waals surface area (Å²) in [6.45, 7) is 7.79. The van der Waals surface area contributed by atoms with E-state index in [1.165, 1.54) is 19.3 Å². The Morgan fingerprint density at radius 3 is 2.10 bits per heavy atom. The highest BCUT2D eigenvalue weighted by Gasteiger charge is 2.55. The van der Waals surface area contributed by atoms with Crippen molar-refractivity contribution in [2.75, 3.05) is 50.7 Å². The maximum Gasteiger partial charge on any atom is 0.228 e. The zero-order chi connectivity index (χ0) is 35.1. The maximum absolute atomic E-state index is 13.9. The van der Waals surface area contributed by atoms with E-state index in [9.17, 15) is 9.59 Å². The zero-order valence-corrected chi connectivity index (χ0v) is 30.8. The van der Waals surface area contributed by atoms with Gasteiger partial charge in [-0.25, -0.2) is 15.0 Å². The number of hydrogen-bond donors (Lipinski definition) is 1. The van der Waals surface area contributed by atoms with Gasteiger partial charge in [0.2, 0.25) is 23.6 Å². The Morgan fingerprint density at radius 2 is 1.49 bits per heavy atom. The van der Waals surface area contributed by atoms with Gasteiger partial charge in [-0.15, -0.1) is 0 Å². The molecule has 6 aliphatic rings. The van der Waals surface area contributed by atoms with Crippen LogP contribution in [0.1, 0.15) is 63.9 Å². The van der Waals surface area contributed by atoms with Crippen LogP contribution in [-0.4, -0.2) is 82.4 Å². The van der Waals surface area contributed by atoms with Crippen molar-refractivity contribution < 1.29 is 14.3 Å². The van der Waals surface area contributed by atoms with Crippen LogP contribution in [0.2, 0.25) is 10.0 Å². The minimum absolute atomic E-state index is 0.0216. The standard InChI is InChI=1S/C39H47Cl2N7O3/c1-25(49)42-21-26-2-4-46(5-3-26)24-30-13-35(31-15-32(40)17-33(41)16-31)45-36(14-30)51-34-22-43-38(44-23-34)48-8-6-47(7-9-48)37(50)39-18-27-10-28(19-39)12-29(11-27)20-39/h13-17,22-23,26-29H,2-12,18-21,24H2,1H3,(H,42,49). The number of ether oxygens (including phenoxy) is 1. The van der Waals surface area contributed by atoms with E-state index in [4.69, 9.17) is 32.9 Å². The molecule has 1 aromatic carbocycles. The number of rotatable bonds is 9. The molecule has 10 nitrogen and oxygen atoms in total. The summed E-state index contributed by atoms with van der Waals surface area (Å²) in [7, 11) is 0. The normalized spacial score (nSPS) is 26.4. The summed E-state index contributed by atoms with van der Waals surface area (Å²) in [5.41, 5.74) is 2.48. The summed E-state index contributed by atoms with van der Waals surface area (Å²) in [6, 6.07) is 9.44. The van der Waals surface area contributed by atoms with Gasteiger partial charge in [0.15, 0.2) is 5.75 Å². The molecule has 2 aliphatic heterocycles. The fraction of sp³-hybridized carbons (Fsp3) is 0.564. The van der Waals surface area contributed by atoms with Crippen molar-refractivity contribution in [3.63, 3.8) is 0 Å². The molecule has 0 atom stereocenters. The first-order chi connectivity index (χ1) is 24.7. The Kier molecular flexibility index (Phi) is 9.85. The van der Waals surface area contributed by atoms with Crippen LogP contribution in [0, 0.1) is 29.1 Å². The fourth-order valence-electron chi connectivity index (χ4n) is 9.91. The van der Waals surface area contributed by atoms with Gasteiger partial charge in [0.05, 0.1) is 23.5 Å². The molecule has 6 fully saturated rings. The lowest BCUT2D eigenvalue weighted by Gasteiger charge is -2.57. The molecule has 12 heteroatoms. The van der Waals surface area contributed by atoms with Crippen molar-refractivity contribution in [3.05, 3.63) is 58.3 Å². The number of carbonyl (C=O) groups excluding carboxylic acids is 2. The first kappa shape index (κ1) is 34.6. The van der Waals surface area contributed by atoms with Crippen LogP contribution in [0.4, 0.5) is 5.95 Å². The summed E-state index contributed by atoms with van der Waals surface area (Å²) in [5.74, 6) is 4.79. The van der Waals surface area contributed by atoms with Crippen LogP contribution in [0.3, 0.4) is 0 Å². The minimum atomic E-state index is -0.0951. The summed E-state index contributed by atoms with van der Waals surface area (Å²) in [6.07, 6.45) is 12.8. The van der Waals surface area contributed by atoms with Gasteiger partial charge in [-0.1, -0.05) is 23.2 Å². The maximum atomic E-state index is 13.9. The van der Waals surface area contributed by atoms with E-state index in [0.717, 1.165) is 100 Å². The molecule has 2 aromatic heterocycles. The molecular weight excluding hydrogens is 685 g/mol. The number of anilines is 1. The summed E-state index contributed by atoms with van der Waals surface area (Å²) < 4.78 is 6.28. The highest BCUT2D eigenvalue weighted by atomic mass is 35.5. The minimum Gasteiger partial charge on any atom is -0.436 e. The Morgan fingerprint density at radius 1 is 0.863 bits per heavy atom. The second kappa shape index (κ2) is 14.5. The van der Waals surface area contributed by atoms with Crippen molar-refractivity contribution in [2.45, 2.75) is 64.8 Å². The lowest BCUT2D eigenvalue weighted by Crippen LogP contribution is -2.58. The molecule has 0 radical (unpaired) electrons. The monoisotopic (exact) mass is 731 g/mol. The second-order valence-electron chi connectivity index (χ2n) is 15.8. The molecule has 270 valence electrons. The molecule has 51 heavy (non-hydrogen) atoms. The van der Waals surface area contributed by atoms with Gasteiger partial charge < -0.3 is 19.9 Å². The van der Waals surface area contributed by atoms with Crippen molar-refractivity contribution in [3.8, 4) is 22.9 Å². The number of nitrogens with zero attached hydrogens (tertiary/aromatic N) is 6. The lowest BCUT2D eigenvalue weighted by molar-refractivity contribution is -0.158. The van der Waals surface area contributed by atoms with E-state index in [1.807, 2.05) is 18.2 Å². The molecule has 2 saturated heterocycles. The van der Waals surface area contributed by atoms with E-state index in [0.29, 0.717) is 58.2 Å². The average molecular weight is 733 g/mol. The number of halogens is 2. The highest BCUT2D eigenvalue weighted by molar-refractivity contribution is 6.35. The van der Waals surface area contributed by atoms with Gasteiger partial charge in [-0.3, -0.25) is 14.5 Å². The average Bonchev–Trinajstić information content (AvgIpc) is 3.10. The number of piperazine rings is 1. The van der Waals surface area contributed by atoms with Gasteiger partial charge in [0.1, 0.15) is 0 Å². The Balaban J connectivity index is 0.919. The van der Waals surface area contributed by atoms with Gasteiger partial charge in [0, 0.05) is 67.9 Å². The number of likely N-dealkylation sites (tertiary alicyclic amines) is 1. The van der Waals surface area contributed by atoms with Gasteiger partial charge in [-0.2, -0.15) is 0 Å². The third-order valence-electron chi connectivity index (χ3n) is 12.0. The quantitative estimate of drug-likeness (QED) is 0.255. The first-order valence-corrected chi connectivity index (χ1v) is 19.4. The number of carbonyl (C=O) groups is 2. The van der Waals surface area contributed by atoms with Crippen molar-refractivity contribution in [2.24, 2.45) is 29.1 Å². The number of hydrogen-bond acceptors (Lipinski definition) is 8. The molecule has 1 N–H and O–H groups in total. The number of piperidine rings is 1. The number of nitrogens with one attached hydrogen (secondary N) is 1. The van der Waals surface area contributed by atoms with Crippen molar-refractivity contribution in [1.82, 2.24) is 30.1 Å². The van der Waals surface area contributed by atoms with Crippen LogP contribution in [0.5, 0.6) is 11.6 Å². The molecule has 4 aliphatic carbocycles. The smallest absolute Gasteiger partial charge is 0.228 e. The predicted octanol–water partition coefficient (Wildman–Crippen LogP) is 6.85. The van der Waals surface area contributed by atoms with Crippen LogP contribution < -0.4 is 15.0 Å². The Bertz CT molecular complexity index is 1700. The van der Waals surface area contributed by atoms with Crippen molar-refractivity contribution in [1.29, 1.82) is 0 Å². The second-order valence-corrected chi connectivity index (χ2v) is 16.7. The SMILES string of the molecule is CC(=O)NCC1CCN(Cc2cc(Oc3cnc(N4CCN(C(=O)C56CC7CC(CC(C7)C5)C6)CC4)nc3)nc(-c3cc(Cl)cc(Cl)c3)c2)CC1. The van der Waals surface area contributed by atoms with Gasteiger partial charge >= 0.3 is 0 Å². The summed E-state index contributed by atoms with van der Waals surface area (Å²) in [4.78, 5) is 46.1. The largest absolute Gasteiger partial charge is 0.436 e. The zero-order valence-electron chi connectivity index (χ0n) is 29.3. The number of benzene rings is 1. The number of amides is 2. The molecule has 4 heterocycles. The molecule has 0 spiro atoms. The predicted molar refractivity (Wildman–Crippen MR) is 198 cm³/mol. The molecule has 9 rings (SSSR count). The molecule has 3 aromatic rings. The first-order valence-electron chi connectivity index (χ1n) is 18.6. The third-order valence-corrected chi connectivity index (χ3v) is 12.4. The van der Waals surface area contributed by atoms with E-state index < -0.39 is 0 Å². The van der Waals surface area contributed by atoms with E-state index in [2.05, 4.69) is 36.1 Å². The lowest BCUT2D eigenvalue weighted by atomic mass is 9.49.